The number of nitrogens with one attached hydrogen (secondary N) is 2. The fourth-order valence-corrected chi connectivity index (χ4v) is 5.38. The fraction of sp³-hybridized carbons (Fsp3) is 0.600. The van der Waals surface area contributed by atoms with Crippen LogP contribution in [0.1, 0.15) is 45.1 Å². The Morgan fingerprint density at radius 3 is 2.63 bits per heavy atom. The van der Waals surface area contributed by atoms with Gasteiger partial charge >= 0.3 is 0 Å². The lowest BCUT2D eigenvalue weighted by atomic mass is 9.96. The van der Waals surface area contributed by atoms with Crippen LogP contribution in [0.4, 0.5) is 5.69 Å². The lowest BCUT2D eigenvalue weighted by Crippen LogP contribution is -2.31. The highest BCUT2D eigenvalue weighted by Crippen LogP contribution is 2.59. The van der Waals surface area contributed by atoms with Crippen LogP contribution < -0.4 is 10.6 Å². The van der Waals surface area contributed by atoms with Gasteiger partial charge in [0.1, 0.15) is 9.84 Å². The summed E-state index contributed by atoms with van der Waals surface area (Å²) in [4.78, 5) is 24.5. The van der Waals surface area contributed by atoms with Gasteiger partial charge < -0.3 is 10.6 Å². The van der Waals surface area contributed by atoms with Gasteiger partial charge in [0.25, 0.3) is 0 Å². The lowest BCUT2D eigenvalue weighted by molar-refractivity contribution is -0.123. The minimum atomic E-state index is -2.91. The zero-order valence-corrected chi connectivity index (χ0v) is 16.8. The number of anilines is 1. The summed E-state index contributed by atoms with van der Waals surface area (Å²) in [6, 6.07) is 7.48. The molecular formula is C20H28N2O4S. The highest BCUT2D eigenvalue weighted by Gasteiger charge is 2.59. The first kappa shape index (κ1) is 19.9. The number of hydrogen-bond donors (Lipinski definition) is 2. The van der Waals surface area contributed by atoms with Crippen molar-refractivity contribution in [2.45, 2.75) is 46.1 Å². The highest BCUT2D eigenvalue weighted by molar-refractivity contribution is 7.91. The second-order valence-corrected chi connectivity index (χ2v) is 10.3. The fourth-order valence-electron chi connectivity index (χ4n) is 3.74. The van der Waals surface area contributed by atoms with E-state index in [4.69, 9.17) is 0 Å². The van der Waals surface area contributed by atoms with Gasteiger partial charge in [0.2, 0.25) is 11.8 Å². The van der Waals surface area contributed by atoms with Crippen LogP contribution >= 0.6 is 0 Å². The van der Waals surface area contributed by atoms with Crippen LogP contribution in [0.15, 0.2) is 24.3 Å². The van der Waals surface area contributed by atoms with E-state index in [1.807, 2.05) is 38.1 Å². The molecule has 1 aromatic rings. The average Bonchev–Trinajstić information content (AvgIpc) is 3.36. The summed E-state index contributed by atoms with van der Waals surface area (Å²) in [6.45, 7) is 4.26. The van der Waals surface area contributed by atoms with Crippen molar-refractivity contribution in [2.75, 3.05) is 16.8 Å². The molecule has 1 saturated heterocycles. The molecule has 2 atom stereocenters. The van der Waals surface area contributed by atoms with Gasteiger partial charge in [-0.1, -0.05) is 26.0 Å². The standard InChI is InChI=1S/C20H28N2O4S/c1-3-14(2)18(23)22-16-6-4-5-15(11-16)13-21-19(24)17-12-20(17)7-9-27(25,26)10-8-20/h4-6,11,14,17H,3,7-10,12-13H2,1-2H3,(H,21,24)(H,22,23). The summed E-state index contributed by atoms with van der Waals surface area (Å²) >= 11 is 0. The average molecular weight is 393 g/mol. The van der Waals surface area contributed by atoms with Gasteiger partial charge in [0.05, 0.1) is 11.5 Å². The number of benzene rings is 1. The van der Waals surface area contributed by atoms with Crippen molar-refractivity contribution >= 4 is 27.3 Å². The largest absolute Gasteiger partial charge is 0.352 e. The Morgan fingerprint density at radius 2 is 1.96 bits per heavy atom. The number of carbonyl (C=O) groups excluding carboxylic acids is 2. The quantitative estimate of drug-likeness (QED) is 0.778. The number of carbonyl (C=O) groups is 2. The van der Waals surface area contributed by atoms with Gasteiger partial charge in [-0.2, -0.15) is 0 Å². The van der Waals surface area contributed by atoms with Crippen LogP contribution in [0.3, 0.4) is 0 Å². The van der Waals surface area contributed by atoms with Crippen molar-refractivity contribution in [2.24, 2.45) is 17.3 Å². The maximum absolute atomic E-state index is 12.5. The molecule has 1 spiro atoms. The van der Waals surface area contributed by atoms with Crippen molar-refractivity contribution in [3.8, 4) is 0 Å². The van der Waals surface area contributed by atoms with Gasteiger partial charge in [-0.3, -0.25) is 9.59 Å². The number of hydrogen-bond acceptors (Lipinski definition) is 4. The summed E-state index contributed by atoms with van der Waals surface area (Å²) in [6.07, 6.45) is 2.78. The normalized spacial score (nSPS) is 23.4. The molecule has 148 valence electrons. The second-order valence-electron chi connectivity index (χ2n) is 7.99. The monoisotopic (exact) mass is 392 g/mol. The summed E-state index contributed by atoms with van der Waals surface area (Å²) in [5.41, 5.74) is 1.56. The van der Waals surface area contributed by atoms with E-state index in [1.165, 1.54) is 0 Å². The van der Waals surface area contributed by atoms with E-state index in [2.05, 4.69) is 10.6 Å². The molecule has 1 aliphatic heterocycles. The maximum Gasteiger partial charge on any atom is 0.227 e. The molecule has 0 radical (unpaired) electrons. The van der Waals surface area contributed by atoms with Gasteiger partial charge in [-0.05, 0) is 48.8 Å². The topological polar surface area (TPSA) is 92.3 Å². The molecule has 2 N–H and O–H groups in total. The van der Waals surface area contributed by atoms with E-state index in [9.17, 15) is 18.0 Å². The number of sulfone groups is 1. The molecule has 27 heavy (non-hydrogen) atoms. The minimum absolute atomic E-state index is 0.00309. The predicted octanol–water partition coefficient (Wildman–Crippen LogP) is 2.50. The highest BCUT2D eigenvalue weighted by atomic mass is 32.2. The third kappa shape index (κ3) is 4.69. The van der Waals surface area contributed by atoms with E-state index >= 15 is 0 Å². The Kier molecular flexibility index (Phi) is 5.60. The third-order valence-electron chi connectivity index (χ3n) is 6.05. The zero-order valence-electron chi connectivity index (χ0n) is 16.0. The Balaban J connectivity index is 1.51. The van der Waals surface area contributed by atoms with E-state index in [0.29, 0.717) is 19.4 Å². The third-order valence-corrected chi connectivity index (χ3v) is 7.70. The van der Waals surface area contributed by atoms with E-state index in [0.717, 1.165) is 24.1 Å². The molecule has 1 heterocycles. The molecule has 0 bridgehead atoms. The van der Waals surface area contributed by atoms with Gasteiger partial charge in [0.15, 0.2) is 0 Å². The van der Waals surface area contributed by atoms with E-state index in [1.54, 1.807) is 0 Å². The molecule has 0 aromatic heterocycles. The molecule has 1 aliphatic carbocycles. The Morgan fingerprint density at radius 1 is 1.26 bits per heavy atom. The first-order chi connectivity index (χ1) is 12.7. The minimum Gasteiger partial charge on any atom is -0.352 e. The molecule has 2 aliphatic rings. The molecule has 7 heteroatoms. The Bertz CT molecular complexity index is 820. The summed E-state index contributed by atoms with van der Waals surface area (Å²) in [7, 11) is -2.91. The van der Waals surface area contributed by atoms with Crippen LogP contribution in [0, 0.1) is 17.3 Å². The smallest absolute Gasteiger partial charge is 0.227 e. The number of amides is 2. The van der Waals surface area contributed by atoms with Crippen molar-refractivity contribution < 1.29 is 18.0 Å². The molecule has 2 amide bonds. The first-order valence-electron chi connectivity index (χ1n) is 9.63. The Labute approximate surface area is 161 Å². The van der Waals surface area contributed by atoms with Crippen molar-refractivity contribution in [1.82, 2.24) is 5.32 Å². The van der Waals surface area contributed by atoms with Crippen LogP contribution in [-0.2, 0) is 26.0 Å². The molecular weight excluding hydrogens is 364 g/mol. The van der Waals surface area contributed by atoms with Gasteiger partial charge in [0, 0.05) is 24.1 Å². The van der Waals surface area contributed by atoms with Crippen molar-refractivity contribution in [1.29, 1.82) is 0 Å². The first-order valence-corrected chi connectivity index (χ1v) is 11.4. The SMILES string of the molecule is CCC(C)C(=O)Nc1cccc(CNC(=O)C2CC23CCS(=O)(=O)CC3)c1. The summed E-state index contributed by atoms with van der Waals surface area (Å²) in [5.74, 6) is 0.290. The van der Waals surface area contributed by atoms with Crippen LogP contribution in [0.25, 0.3) is 0 Å². The molecule has 2 unspecified atom stereocenters. The van der Waals surface area contributed by atoms with Gasteiger partial charge in [-0.15, -0.1) is 0 Å². The lowest BCUT2D eigenvalue weighted by Gasteiger charge is -2.22. The molecule has 1 saturated carbocycles. The molecule has 2 fully saturated rings. The van der Waals surface area contributed by atoms with E-state index < -0.39 is 9.84 Å². The van der Waals surface area contributed by atoms with E-state index in [-0.39, 0.29) is 40.6 Å². The second kappa shape index (κ2) is 7.62. The van der Waals surface area contributed by atoms with Crippen molar-refractivity contribution in [3.63, 3.8) is 0 Å². The predicted molar refractivity (Wildman–Crippen MR) is 105 cm³/mol. The summed E-state index contributed by atoms with van der Waals surface area (Å²) in [5, 5.41) is 5.87. The van der Waals surface area contributed by atoms with Gasteiger partial charge in [-0.25, -0.2) is 8.42 Å². The van der Waals surface area contributed by atoms with Crippen LogP contribution in [0.2, 0.25) is 0 Å². The number of rotatable bonds is 6. The maximum atomic E-state index is 12.5. The molecule has 3 rings (SSSR count). The molecule has 6 nitrogen and oxygen atoms in total. The Hall–Kier alpha value is -1.89. The molecule has 1 aromatic carbocycles. The van der Waals surface area contributed by atoms with Crippen LogP contribution in [-0.4, -0.2) is 31.7 Å². The summed E-state index contributed by atoms with van der Waals surface area (Å²) < 4.78 is 23.2. The van der Waals surface area contributed by atoms with Crippen molar-refractivity contribution in [3.05, 3.63) is 29.8 Å². The van der Waals surface area contributed by atoms with Crippen LogP contribution in [0.5, 0.6) is 0 Å². The zero-order chi connectivity index (χ0) is 19.7.